The zero-order valence-corrected chi connectivity index (χ0v) is 13.6. The Bertz CT molecular complexity index is 670. The van der Waals surface area contributed by atoms with Crippen molar-refractivity contribution in [1.82, 2.24) is 10.1 Å². The molecule has 2 aromatic heterocycles. The molecule has 1 amide bonds. The van der Waals surface area contributed by atoms with Gasteiger partial charge in [0.2, 0.25) is 5.91 Å². The van der Waals surface area contributed by atoms with Crippen LogP contribution in [0.5, 0.6) is 0 Å². The number of carbonyl (C=O) groups excluding carboxylic acids is 1. The maximum Gasteiger partial charge on any atom is 0.224 e. The van der Waals surface area contributed by atoms with Gasteiger partial charge in [-0.1, -0.05) is 5.16 Å². The molecule has 6 nitrogen and oxygen atoms in total. The number of hydrogen-bond acceptors (Lipinski definition) is 5. The summed E-state index contributed by atoms with van der Waals surface area (Å²) in [5.74, 6) is 1.64. The van der Waals surface area contributed by atoms with Crippen LogP contribution < -0.4 is 10.2 Å². The Balaban J connectivity index is 1.64. The number of anilines is 2. The minimum Gasteiger partial charge on any atom is -0.361 e. The molecule has 1 N–H and O–H groups in total. The Labute approximate surface area is 135 Å². The van der Waals surface area contributed by atoms with Crippen LogP contribution in [0, 0.1) is 13.8 Å². The maximum atomic E-state index is 12.3. The Morgan fingerprint density at radius 2 is 2.13 bits per heavy atom. The third-order valence-electron chi connectivity index (χ3n) is 4.25. The Kier molecular flexibility index (Phi) is 4.60. The van der Waals surface area contributed by atoms with Crippen molar-refractivity contribution in [3.8, 4) is 0 Å². The van der Waals surface area contributed by atoms with Crippen molar-refractivity contribution in [3.63, 3.8) is 0 Å². The number of nitrogens with zero attached hydrogens (tertiary/aromatic N) is 3. The second-order valence-electron chi connectivity index (χ2n) is 5.92. The number of nitrogens with one attached hydrogen (secondary N) is 1. The lowest BCUT2D eigenvalue weighted by atomic mass is 10.1. The van der Waals surface area contributed by atoms with Gasteiger partial charge in [0, 0.05) is 31.3 Å². The van der Waals surface area contributed by atoms with Gasteiger partial charge in [-0.2, -0.15) is 0 Å². The first kappa shape index (κ1) is 15.5. The van der Waals surface area contributed by atoms with Gasteiger partial charge in [-0.15, -0.1) is 0 Å². The SMILES string of the molecule is Cc1noc(C)c1CCC(=O)Nc1cccnc1N1CCCC1. The number of pyridine rings is 1. The molecule has 1 aliphatic heterocycles. The highest BCUT2D eigenvalue weighted by Crippen LogP contribution is 2.26. The van der Waals surface area contributed by atoms with E-state index in [9.17, 15) is 4.79 Å². The zero-order valence-electron chi connectivity index (χ0n) is 13.6. The summed E-state index contributed by atoms with van der Waals surface area (Å²) in [5, 5.41) is 6.92. The Morgan fingerprint density at radius 1 is 1.35 bits per heavy atom. The smallest absolute Gasteiger partial charge is 0.224 e. The lowest BCUT2D eigenvalue weighted by Crippen LogP contribution is -2.22. The fraction of sp³-hybridized carbons (Fsp3) is 0.471. The van der Waals surface area contributed by atoms with Crippen molar-refractivity contribution in [1.29, 1.82) is 0 Å². The molecule has 0 radical (unpaired) electrons. The van der Waals surface area contributed by atoms with Gasteiger partial charge in [-0.25, -0.2) is 4.98 Å². The largest absolute Gasteiger partial charge is 0.361 e. The van der Waals surface area contributed by atoms with Gasteiger partial charge in [-0.3, -0.25) is 4.79 Å². The second kappa shape index (κ2) is 6.81. The van der Waals surface area contributed by atoms with E-state index >= 15 is 0 Å². The van der Waals surface area contributed by atoms with Crippen molar-refractivity contribution in [2.75, 3.05) is 23.3 Å². The third kappa shape index (κ3) is 3.52. The van der Waals surface area contributed by atoms with E-state index in [0.717, 1.165) is 41.6 Å². The van der Waals surface area contributed by atoms with E-state index in [2.05, 4.69) is 20.4 Å². The van der Waals surface area contributed by atoms with E-state index in [1.807, 2.05) is 26.0 Å². The van der Waals surface area contributed by atoms with Crippen LogP contribution in [0.2, 0.25) is 0 Å². The monoisotopic (exact) mass is 314 g/mol. The normalized spacial score (nSPS) is 14.3. The molecular formula is C17H22N4O2. The minimum absolute atomic E-state index is 0.0153. The molecule has 23 heavy (non-hydrogen) atoms. The summed E-state index contributed by atoms with van der Waals surface area (Å²) >= 11 is 0. The summed E-state index contributed by atoms with van der Waals surface area (Å²) in [6, 6.07) is 3.76. The Morgan fingerprint density at radius 3 is 2.83 bits per heavy atom. The number of hydrogen-bond donors (Lipinski definition) is 1. The second-order valence-corrected chi connectivity index (χ2v) is 5.92. The summed E-state index contributed by atoms with van der Waals surface area (Å²) in [7, 11) is 0. The van der Waals surface area contributed by atoms with Crippen LogP contribution >= 0.6 is 0 Å². The van der Waals surface area contributed by atoms with E-state index in [0.29, 0.717) is 12.8 Å². The van der Waals surface area contributed by atoms with Gasteiger partial charge in [0.25, 0.3) is 0 Å². The highest BCUT2D eigenvalue weighted by Gasteiger charge is 2.18. The highest BCUT2D eigenvalue weighted by molar-refractivity contribution is 5.93. The average molecular weight is 314 g/mol. The molecule has 1 fully saturated rings. The quantitative estimate of drug-likeness (QED) is 0.919. The molecule has 0 unspecified atom stereocenters. The van der Waals surface area contributed by atoms with Crippen molar-refractivity contribution in [2.45, 2.75) is 39.5 Å². The average Bonchev–Trinajstić information content (AvgIpc) is 3.17. The summed E-state index contributed by atoms with van der Waals surface area (Å²) in [6.07, 6.45) is 5.16. The number of amides is 1. The molecule has 6 heteroatoms. The summed E-state index contributed by atoms with van der Waals surface area (Å²) in [6.45, 7) is 5.77. The van der Waals surface area contributed by atoms with Gasteiger partial charge < -0.3 is 14.7 Å². The fourth-order valence-electron chi connectivity index (χ4n) is 2.99. The van der Waals surface area contributed by atoms with Crippen LogP contribution in [0.4, 0.5) is 11.5 Å². The van der Waals surface area contributed by atoms with Crippen molar-refractivity contribution >= 4 is 17.4 Å². The predicted octanol–water partition coefficient (Wildman–Crippen LogP) is 2.86. The molecule has 3 rings (SSSR count). The molecule has 122 valence electrons. The Hall–Kier alpha value is -2.37. The first-order valence-electron chi connectivity index (χ1n) is 8.06. The lowest BCUT2D eigenvalue weighted by Gasteiger charge is -2.19. The molecule has 0 atom stereocenters. The molecule has 1 aliphatic rings. The van der Waals surface area contributed by atoms with Crippen LogP contribution in [0.3, 0.4) is 0 Å². The molecule has 0 bridgehead atoms. The number of aryl methyl sites for hydroxylation is 2. The van der Waals surface area contributed by atoms with Crippen molar-refractivity contribution < 1.29 is 9.32 Å². The van der Waals surface area contributed by atoms with Gasteiger partial charge in [0.15, 0.2) is 5.82 Å². The van der Waals surface area contributed by atoms with Gasteiger partial charge in [-0.05, 0) is 45.2 Å². The summed E-state index contributed by atoms with van der Waals surface area (Å²) < 4.78 is 5.13. The van der Waals surface area contributed by atoms with Crippen molar-refractivity contribution in [2.24, 2.45) is 0 Å². The van der Waals surface area contributed by atoms with E-state index in [4.69, 9.17) is 4.52 Å². The number of rotatable bonds is 5. The lowest BCUT2D eigenvalue weighted by molar-refractivity contribution is -0.116. The van der Waals surface area contributed by atoms with Gasteiger partial charge >= 0.3 is 0 Å². The molecule has 0 aromatic carbocycles. The first-order valence-corrected chi connectivity index (χ1v) is 8.06. The van der Waals surface area contributed by atoms with E-state index in [1.165, 1.54) is 12.8 Å². The summed E-state index contributed by atoms with van der Waals surface area (Å²) in [4.78, 5) is 19.0. The third-order valence-corrected chi connectivity index (χ3v) is 4.25. The van der Waals surface area contributed by atoms with E-state index in [1.54, 1.807) is 6.20 Å². The number of carbonyl (C=O) groups is 1. The van der Waals surface area contributed by atoms with Crippen LogP contribution in [0.1, 0.15) is 36.3 Å². The molecular weight excluding hydrogens is 292 g/mol. The van der Waals surface area contributed by atoms with Crippen LogP contribution in [-0.2, 0) is 11.2 Å². The molecule has 0 saturated carbocycles. The molecule has 0 aliphatic carbocycles. The molecule has 0 spiro atoms. The predicted molar refractivity (Wildman–Crippen MR) is 88.6 cm³/mol. The first-order chi connectivity index (χ1) is 11.1. The minimum atomic E-state index is -0.0153. The standard InChI is InChI=1S/C17H22N4O2/c1-12-14(13(2)23-20-12)7-8-16(22)19-15-6-5-9-18-17(15)21-10-3-4-11-21/h5-6,9H,3-4,7-8,10-11H2,1-2H3,(H,19,22). The van der Waals surface area contributed by atoms with Gasteiger partial charge in [0.05, 0.1) is 11.4 Å². The molecule has 1 saturated heterocycles. The topological polar surface area (TPSA) is 71.3 Å². The molecule has 3 heterocycles. The van der Waals surface area contributed by atoms with Crippen LogP contribution in [-0.4, -0.2) is 29.1 Å². The van der Waals surface area contributed by atoms with E-state index in [-0.39, 0.29) is 5.91 Å². The van der Waals surface area contributed by atoms with E-state index < -0.39 is 0 Å². The zero-order chi connectivity index (χ0) is 16.2. The molecule has 2 aromatic rings. The van der Waals surface area contributed by atoms with Gasteiger partial charge in [0.1, 0.15) is 5.76 Å². The summed E-state index contributed by atoms with van der Waals surface area (Å²) in [5.41, 5.74) is 2.67. The highest BCUT2D eigenvalue weighted by atomic mass is 16.5. The number of aromatic nitrogens is 2. The maximum absolute atomic E-state index is 12.3. The van der Waals surface area contributed by atoms with Crippen molar-refractivity contribution in [3.05, 3.63) is 35.3 Å². The van der Waals surface area contributed by atoms with Crippen LogP contribution in [0.15, 0.2) is 22.9 Å². The fourth-order valence-corrected chi connectivity index (χ4v) is 2.99. The van der Waals surface area contributed by atoms with Crippen LogP contribution in [0.25, 0.3) is 0 Å².